The smallest absolute Gasteiger partial charge is 0.238 e. The van der Waals surface area contributed by atoms with Gasteiger partial charge in [0.1, 0.15) is 5.82 Å². The van der Waals surface area contributed by atoms with Gasteiger partial charge in [-0.3, -0.25) is 19.4 Å². The van der Waals surface area contributed by atoms with Crippen LogP contribution in [-0.4, -0.2) is 60.9 Å². The Labute approximate surface area is 178 Å². The molecular formula is C20H21Cl2FN4O2. The van der Waals surface area contributed by atoms with Crippen molar-refractivity contribution in [3.8, 4) is 0 Å². The Morgan fingerprint density at radius 2 is 1.45 bits per heavy atom. The minimum Gasteiger partial charge on any atom is -0.325 e. The second-order valence-corrected chi connectivity index (χ2v) is 7.57. The summed E-state index contributed by atoms with van der Waals surface area (Å²) in [6, 6.07) is 11.2. The molecule has 1 aliphatic heterocycles. The summed E-state index contributed by atoms with van der Waals surface area (Å²) in [6.45, 7) is 3.15. The van der Waals surface area contributed by atoms with Crippen molar-refractivity contribution < 1.29 is 14.0 Å². The van der Waals surface area contributed by atoms with E-state index in [9.17, 15) is 14.0 Å². The van der Waals surface area contributed by atoms with Gasteiger partial charge in [0.15, 0.2) is 0 Å². The van der Waals surface area contributed by atoms with Gasteiger partial charge in [-0.25, -0.2) is 4.39 Å². The minimum absolute atomic E-state index is 0.0357. The molecule has 0 spiro atoms. The van der Waals surface area contributed by atoms with Crippen molar-refractivity contribution in [1.29, 1.82) is 0 Å². The molecule has 1 aliphatic rings. The summed E-state index contributed by atoms with van der Waals surface area (Å²) in [6.07, 6.45) is 0. The number of nitrogens with zero attached hydrogens (tertiary/aromatic N) is 2. The monoisotopic (exact) mass is 438 g/mol. The lowest BCUT2D eigenvalue weighted by Gasteiger charge is -2.33. The van der Waals surface area contributed by atoms with Gasteiger partial charge in [-0.05, 0) is 30.3 Å². The molecule has 1 heterocycles. The summed E-state index contributed by atoms with van der Waals surface area (Å²) in [4.78, 5) is 28.4. The molecule has 6 nitrogen and oxygen atoms in total. The van der Waals surface area contributed by atoms with E-state index in [4.69, 9.17) is 23.2 Å². The van der Waals surface area contributed by atoms with Crippen LogP contribution < -0.4 is 10.6 Å². The molecule has 0 aliphatic carbocycles. The molecule has 0 saturated carbocycles. The fraction of sp³-hybridized carbons (Fsp3) is 0.300. The summed E-state index contributed by atoms with van der Waals surface area (Å²) in [5.41, 5.74) is 1.05. The van der Waals surface area contributed by atoms with Gasteiger partial charge in [0.05, 0.1) is 28.8 Å². The number of piperazine rings is 1. The number of anilines is 2. The maximum atomic E-state index is 13.2. The van der Waals surface area contributed by atoms with Crippen LogP contribution in [0.2, 0.25) is 10.0 Å². The Morgan fingerprint density at radius 1 is 0.862 bits per heavy atom. The molecule has 1 fully saturated rings. The quantitative estimate of drug-likeness (QED) is 0.725. The van der Waals surface area contributed by atoms with Crippen molar-refractivity contribution in [1.82, 2.24) is 9.80 Å². The van der Waals surface area contributed by atoms with Crippen molar-refractivity contribution in [3.63, 3.8) is 0 Å². The molecule has 2 aromatic rings. The number of benzene rings is 2. The van der Waals surface area contributed by atoms with Gasteiger partial charge in [0.25, 0.3) is 0 Å². The number of nitrogens with one attached hydrogen (secondary N) is 2. The fourth-order valence-electron chi connectivity index (χ4n) is 3.04. The summed E-state index contributed by atoms with van der Waals surface area (Å²) in [5, 5.41) is 5.98. The molecule has 0 bridgehead atoms. The van der Waals surface area contributed by atoms with Gasteiger partial charge in [0, 0.05) is 31.9 Å². The first-order valence-corrected chi connectivity index (χ1v) is 9.90. The van der Waals surface area contributed by atoms with E-state index >= 15 is 0 Å². The molecular weight excluding hydrogens is 418 g/mol. The third kappa shape index (κ3) is 6.40. The van der Waals surface area contributed by atoms with Gasteiger partial charge < -0.3 is 10.6 Å². The zero-order valence-electron chi connectivity index (χ0n) is 15.6. The van der Waals surface area contributed by atoms with E-state index in [-0.39, 0.29) is 29.9 Å². The Balaban J connectivity index is 1.40. The number of hydrogen-bond donors (Lipinski definition) is 2. The number of hydrogen-bond acceptors (Lipinski definition) is 4. The zero-order valence-corrected chi connectivity index (χ0v) is 17.1. The number of para-hydroxylation sites is 1. The van der Waals surface area contributed by atoms with Crippen molar-refractivity contribution in [2.45, 2.75) is 0 Å². The van der Waals surface area contributed by atoms with Crippen LogP contribution in [0.5, 0.6) is 0 Å². The number of rotatable bonds is 6. The maximum Gasteiger partial charge on any atom is 0.238 e. The lowest BCUT2D eigenvalue weighted by Crippen LogP contribution is -2.50. The molecule has 1 saturated heterocycles. The molecule has 0 radical (unpaired) electrons. The van der Waals surface area contributed by atoms with Crippen LogP contribution >= 0.6 is 23.2 Å². The highest BCUT2D eigenvalue weighted by atomic mass is 35.5. The average molecular weight is 439 g/mol. The Hall–Kier alpha value is -2.19. The highest BCUT2D eigenvalue weighted by Gasteiger charge is 2.21. The topological polar surface area (TPSA) is 64.7 Å². The lowest BCUT2D eigenvalue weighted by molar-refractivity contribution is -0.120. The number of carbonyl (C=O) groups is 2. The number of carbonyl (C=O) groups excluding carboxylic acids is 2. The van der Waals surface area contributed by atoms with Crippen molar-refractivity contribution in [2.75, 3.05) is 49.9 Å². The van der Waals surface area contributed by atoms with Crippen molar-refractivity contribution >= 4 is 46.4 Å². The second kappa shape index (κ2) is 10.0. The van der Waals surface area contributed by atoms with Gasteiger partial charge in [-0.15, -0.1) is 0 Å². The first kappa shape index (κ1) is 21.5. The van der Waals surface area contributed by atoms with E-state index in [1.165, 1.54) is 18.2 Å². The highest BCUT2D eigenvalue weighted by molar-refractivity contribution is 6.33. The van der Waals surface area contributed by atoms with E-state index in [0.29, 0.717) is 42.6 Å². The maximum absolute atomic E-state index is 13.2. The SMILES string of the molecule is O=C(CN1CCN(CC(=O)Nc2ccccc2Cl)CC1)Nc1ccc(F)c(Cl)c1. The molecule has 2 N–H and O–H groups in total. The molecule has 2 aromatic carbocycles. The van der Waals surface area contributed by atoms with E-state index in [2.05, 4.69) is 10.6 Å². The molecule has 0 aromatic heterocycles. The molecule has 3 rings (SSSR count). The van der Waals surface area contributed by atoms with Gasteiger partial charge in [-0.1, -0.05) is 35.3 Å². The van der Waals surface area contributed by atoms with E-state index < -0.39 is 5.82 Å². The second-order valence-electron chi connectivity index (χ2n) is 6.76. The number of halogens is 3. The van der Waals surface area contributed by atoms with Gasteiger partial charge >= 0.3 is 0 Å². The molecule has 9 heteroatoms. The highest BCUT2D eigenvalue weighted by Crippen LogP contribution is 2.21. The summed E-state index contributed by atoms with van der Waals surface area (Å²) in [5.74, 6) is -0.852. The van der Waals surface area contributed by atoms with Crippen LogP contribution in [0.1, 0.15) is 0 Å². The van der Waals surface area contributed by atoms with Crippen molar-refractivity contribution in [3.05, 3.63) is 58.3 Å². The predicted molar refractivity (Wildman–Crippen MR) is 113 cm³/mol. The van der Waals surface area contributed by atoms with Gasteiger partial charge in [0.2, 0.25) is 11.8 Å². The van der Waals surface area contributed by atoms with Crippen molar-refractivity contribution in [2.24, 2.45) is 0 Å². The first-order valence-electron chi connectivity index (χ1n) is 9.15. The van der Waals surface area contributed by atoms with Crippen LogP contribution in [0.3, 0.4) is 0 Å². The van der Waals surface area contributed by atoms with Crippen LogP contribution in [0.15, 0.2) is 42.5 Å². The average Bonchev–Trinajstić information content (AvgIpc) is 2.68. The minimum atomic E-state index is -0.528. The largest absolute Gasteiger partial charge is 0.325 e. The molecule has 29 heavy (non-hydrogen) atoms. The fourth-order valence-corrected chi connectivity index (χ4v) is 3.40. The summed E-state index contributed by atoms with van der Waals surface area (Å²) >= 11 is 11.8. The van der Waals surface area contributed by atoms with Crippen LogP contribution in [-0.2, 0) is 9.59 Å². The molecule has 0 atom stereocenters. The van der Waals surface area contributed by atoms with Crippen LogP contribution in [0, 0.1) is 5.82 Å². The van der Waals surface area contributed by atoms with Crippen LogP contribution in [0.25, 0.3) is 0 Å². The summed E-state index contributed by atoms with van der Waals surface area (Å²) < 4.78 is 13.2. The Morgan fingerprint density at radius 3 is 2.03 bits per heavy atom. The molecule has 154 valence electrons. The third-order valence-corrected chi connectivity index (χ3v) is 5.17. The normalized spacial score (nSPS) is 15.1. The Kier molecular flexibility index (Phi) is 7.44. The molecule has 0 unspecified atom stereocenters. The Bertz CT molecular complexity index is 889. The van der Waals surface area contributed by atoms with E-state index in [0.717, 1.165) is 0 Å². The van der Waals surface area contributed by atoms with Crippen LogP contribution in [0.4, 0.5) is 15.8 Å². The van der Waals surface area contributed by atoms with E-state index in [1.807, 2.05) is 15.9 Å². The molecule has 2 amide bonds. The van der Waals surface area contributed by atoms with Gasteiger partial charge in [-0.2, -0.15) is 0 Å². The van der Waals surface area contributed by atoms with E-state index in [1.54, 1.807) is 18.2 Å². The summed E-state index contributed by atoms with van der Waals surface area (Å²) in [7, 11) is 0. The number of amides is 2. The zero-order chi connectivity index (χ0) is 20.8. The standard InChI is InChI=1S/C20H21Cl2FN4O2/c21-15-3-1-2-4-18(15)25-20(29)13-27-9-7-26(8-10-27)12-19(28)24-14-5-6-17(23)16(22)11-14/h1-6,11H,7-10,12-13H2,(H,24,28)(H,25,29). The lowest BCUT2D eigenvalue weighted by atomic mass is 10.2. The first-order chi connectivity index (χ1) is 13.9. The predicted octanol–water partition coefficient (Wildman–Crippen LogP) is 3.33. The third-order valence-electron chi connectivity index (χ3n) is 4.55.